The second-order valence-electron chi connectivity index (χ2n) is 7.96. The van der Waals surface area contributed by atoms with Gasteiger partial charge in [0.1, 0.15) is 12.4 Å². The number of aryl methyl sites for hydroxylation is 1. The van der Waals surface area contributed by atoms with Crippen LogP contribution in [0.2, 0.25) is 0 Å². The molecule has 0 aliphatic carbocycles. The number of nitrogens with zero attached hydrogens (tertiary/aromatic N) is 1. The standard InChI is InChI=1S/C24H28N2O3/c1-5-7-17-8-10-18(11-9-17)22(27)25-19-12-13-20-21(15-19)29-16-24(3,4)23(28)26(20)14-6-2/h6,8-13,15H,2,5,7,14,16H2,1,3-4H3,(H,25,27). The summed E-state index contributed by atoms with van der Waals surface area (Å²) in [5.41, 5.74) is 2.48. The molecule has 0 fully saturated rings. The number of rotatable bonds is 6. The van der Waals surface area contributed by atoms with Gasteiger partial charge < -0.3 is 15.0 Å². The molecule has 1 aliphatic heterocycles. The second-order valence-corrected chi connectivity index (χ2v) is 7.96. The van der Waals surface area contributed by atoms with Crippen LogP contribution in [0.5, 0.6) is 5.75 Å². The van der Waals surface area contributed by atoms with Crippen molar-refractivity contribution < 1.29 is 14.3 Å². The van der Waals surface area contributed by atoms with E-state index in [-0.39, 0.29) is 18.4 Å². The zero-order chi connectivity index (χ0) is 21.0. The van der Waals surface area contributed by atoms with Gasteiger partial charge in [0.15, 0.2) is 0 Å². The highest BCUT2D eigenvalue weighted by molar-refractivity contribution is 6.05. The molecule has 2 aromatic rings. The van der Waals surface area contributed by atoms with Crippen molar-refractivity contribution in [3.8, 4) is 5.75 Å². The third-order valence-electron chi connectivity index (χ3n) is 4.99. The molecule has 2 amide bonds. The number of carbonyl (C=O) groups excluding carboxylic acids is 2. The van der Waals surface area contributed by atoms with Gasteiger partial charge in [-0.15, -0.1) is 6.58 Å². The van der Waals surface area contributed by atoms with Crippen LogP contribution in [0.25, 0.3) is 0 Å². The Morgan fingerprint density at radius 3 is 2.62 bits per heavy atom. The summed E-state index contributed by atoms with van der Waals surface area (Å²) in [6.45, 7) is 10.3. The van der Waals surface area contributed by atoms with E-state index in [9.17, 15) is 9.59 Å². The van der Waals surface area contributed by atoms with E-state index in [2.05, 4.69) is 18.8 Å². The summed E-state index contributed by atoms with van der Waals surface area (Å²) in [4.78, 5) is 27.2. The number of hydrogen-bond donors (Lipinski definition) is 1. The van der Waals surface area contributed by atoms with Crippen LogP contribution in [0.15, 0.2) is 55.1 Å². The SMILES string of the molecule is C=CCN1C(=O)C(C)(C)COc2cc(NC(=O)c3ccc(CCC)cc3)ccc21. The number of carbonyl (C=O) groups is 2. The summed E-state index contributed by atoms with van der Waals surface area (Å²) in [6, 6.07) is 13.0. The fourth-order valence-electron chi connectivity index (χ4n) is 3.35. The minimum absolute atomic E-state index is 0.0138. The smallest absolute Gasteiger partial charge is 0.255 e. The Labute approximate surface area is 172 Å². The van der Waals surface area contributed by atoms with E-state index >= 15 is 0 Å². The Morgan fingerprint density at radius 2 is 1.97 bits per heavy atom. The van der Waals surface area contributed by atoms with Gasteiger partial charge in [0.25, 0.3) is 5.91 Å². The monoisotopic (exact) mass is 392 g/mol. The van der Waals surface area contributed by atoms with Gasteiger partial charge in [-0.3, -0.25) is 9.59 Å². The predicted octanol–water partition coefficient (Wildman–Crippen LogP) is 4.83. The van der Waals surface area contributed by atoms with Crippen molar-refractivity contribution in [2.45, 2.75) is 33.6 Å². The average molecular weight is 392 g/mol. The Morgan fingerprint density at radius 1 is 1.24 bits per heavy atom. The summed E-state index contributed by atoms with van der Waals surface area (Å²) in [5.74, 6) is 0.378. The lowest BCUT2D eigenvalue weighted by Gasteiger charge is -2.27. The minimum atomic E-state index is -0.647. The number of anilines is 2. The fraction of sp³-hybridized carbons (Fsp3) is 0.333. The molecule has 1 aliphatic rings. The Balaban J connectivity index is 1.83. The third kappa shape index (κ3) is 4.50. The second kappa shape index (κ2) is 8.52. The van der Waals surface area contributed by atoms with Crippen LogP contribution in [0.4, 0.5) is 11.4 Å². The number of nitrogens with one attached hydrogen (secondary N) is 1. The summed E-state index contributed by atoms with van der Waals surface area (Å²) in [7, 11) is 0. The van der Waals surface area contributed by atoms with Crippen molar-refractivity contribution in [1.82, 2.24) is 0 Å². The van der Waals surface area contributed by atoms with Crippen molar-refractivity contribution in [1.29, 1.82) is 0 Å². The van der Waals surface area contributed by atoms with E-state index in [1.165, 1.54) is 5.56 Å². The van der Waals surface area contributed by atoms with Gasteiger partial charge in [-0.25, -0.2) is 0 Å². The number of fused-ring (bicyclic) bond motifs is 1. The van der Waals surface area contributed by atoms with E-state index in [4.69, 9.17) is 4.74 Å². The first-order chi connectivity index (χ1) is 13.9. The number of ether oxygens (including phenoxy) is 1. The lowest BCUT2D eigenvalue weighted by Crippen LogP contribution is -2.42. The van der Waals surface area contributed by atoms with Gasteiger partial charge in [-0.05, 0) is 50.1 Å². The summed E-state index contributed by atoms with van der Waals surface area (Å²) < 4.78 is 5.93. The van der Waals surface area contributed by atoms with Gasteiger partial charge >= 0.3 is 0 Å². The van der Waals surface area contributed by atoms with Crippen LogP contribution in [0.3, 0.4) is 0 Å². The molecule has 0 spiro atoms. The van der Waals surface area contributed by atoms with Crippen LogP contribution >= 0.6 is 0 Å². The average Bonchev–Trinajstić information content (AvgIpc) is 2.79. The Kier molecular flexibility index (Phi) is 6.06. The maximum absolute atomic E-state index is 12.9. The van der Waals surface area contributed by atoms with Crippen molar-refractivity contribution in [3.05, 3.63) is 66.2 Å². The van der Waals surface area contributed by atoms with Gasteiger partial charge in [-0.1, -0.05) is 31.6 Å². The predicted molar refractivity (Wildman–Crippen MR) is 117 cm³/mol. The maximum Gasteiger partial charge on any atom is 0.255 e. The highest BCUT2D eigenvalue weighted by atomic mass is 16.5. The molecule has 0 unspecified atom stereocenters. The lowest BCUT2D eigenvalue weighted by molar-refractivity contribution is -0.127. The summed E-state index contributed by atoms with van der Waals surface area (Å²) in [6.07, 6.45) is 3.77. The molecule has 152 valence electrons. The highest BCUT2D eigenvalue weighted by Gasteiger charge is 2.37. The molecule has 29 heavy (non-hydrogen) atoms. The first kappa shape index (κ1) is 20.6. The number of benzene rings is 2. The highest BCUT2D eigenvalue weighted by Crippen LogP contribution is 2.38. The van der Waals surface area contributed by atoms with Gasteiger partial charge in [-0.2, -0.15) is 0 Å². The van der Waals surface area contributed by atoms with E-state index < -0.39 is 5.41 Å². The Bertz CT molecular complexity index is 916. The molecule has 5 heteroatoms. The number of hydrogen-bond acceptors (Lipinski definition) is 3. The molecule has 0 aromatic heterocycles. The van der Waals surface area contributed by atoms with Gasteiger partial charge in [0, 0.05) is 23.9 Å². The molecule has 3 rings (SSSR count). The number of amides is 2. The van der Waals surface area contributed by atoms with E-state index in [1.807, 2.05) is 38.1 Å². The van der Waals surface area contributed by atoms with Crippen molar-refractivity contribution in [2.24, 2.45) is 5.41 Å². The molecule has 1 heterocycles. The molecule has 1 N–H and O–H groups in total. The van der Waals surface area contributed by atoms with Crippen LogP contribution in [-0.2, 0) is 11.2 Å². The van der Waals surface area contributed by atoms with Gasteiger partial charge in [0.2, 0.25) is 5.91 Å². The molecule has 2 aromatic carbocycles. The van der Waals surface area contributed by atoms with E-state index in [1.54, 1.807) is 29.2 Å². The normalized spacial score (nSPS) is 15.1. The van der Waals surface area contributed by atoms with Crippen LogP contribution < -0.4 is 15.0 Å². The first-order valence-corrected chi connectivity index (χ1v) is 9.95. The minimum Gasteiger partial charge on any atom is -0.490 e. The van der Waals surface area contributed by atoms with Crippen molar-refractivity contribution >= 4 is 23.2 Å². The quantitative estimate of drug-likeness (QED) is 0.717. The van der Waals surface area contributed by atoms with Crippen LogP contribution in [-0.4, -0.2) is 25.0 Å². The van der Waals surface area contributed by atoms with Crippen LogP contribution in [0, 0.1) is 5.41 Å². The zero-order valence-electron chi connectivity index (χ0n) is 17.3. The summed E-state index contributed by atoms with van der Waals surface area (Å²) >= 11 is 0. The van der Waals surface area contributed by atoms with E-state index in [0.29, 0.717) is 29.2 Å². The Hall–Kier alpha value is -3.08. The van der Waals surface area contributed by atoms with Crippen molar-refractivity contribution in [3.63, 3.8) is 0 Å². The molecule has 0 bridgehead atoms. The fourth-order valence-corrected chi connectivity index (χ4v) is 3.35. The molecule has 0 radical (unpaired) electrons. The zero-order valence-corrected chi connectivity index (χ0v) is 17.3. The first-order valence-electron chi connectivity index (χ1n) is 9.95. The molecular weight excluding hydrogens is 364 g/mol. The lowest BCUT2D eigenvalue weighted by atomic mass is 9.93. The molecule has 0 saturated heterocycles. The molecule has 0 saturated carbocycles. The topological polar surface area (TPSA) is 58.6 Å². The van der Waals surface area contributed by atoms with Gasteiger partial charge in [0.05, 0.1) is 11.1 Å². The molecule has 0 atom stereocenters. The molecule has 5 nitrogen and oxygen atoms in total. The molecular formula is C24H28N2O3. The maximum atomic E-state index is 12.9. The van der Waals surface area contributed by atoms with Crippen LogP contribution in [0.1, 0.15) is 43.1 Å². The van der Waals surface area contributed by atoms with Crippen molar-refractivity contribution in [2.75, 3.05) is 23.4 Å². The van der Waals surface area contributed by atoms with E-state index in [0.717, 1.165) is 12.8 Å². The third-order valence-corrected chi connectivity index (χ3v) is 4.99. The summed E-state index contributed by atoms with van der Waals surface area (Å²) in [5, 5.41) is 2.92. The largest absolute Gasteiger partial charge is 0.490 e.